The van der Waals surface area contributed by atoms with Crippen LogP contribution >= 0.6 is 11.6 Å². The molecule has 0 aliphatic carbocycles. The van der Waals surface area contributed by atoms with E-state index in [0.29, 0.717) is 10.6 Å². The maximum Gasteiger partial charge on any atom is 0.129 e. The summed E-state index contributed by atoms with van der Waals surface area (Å²) in [6.45, 7) is 5.02. The van der Waals surface area contributed by atoms with Gasteiger partial charge in [0.1, 0.15) is 5.82 Å². The molecule has 2 aromatic carbocycles. The van der Waals surface area contributed by atoms with Gasteiger partial charge in [0.2, 0.25) is 0 Å². The van der Waals surface area contributed by atoms with Gasteiger partial charge in [0.15, 0.2) is 0 Å². The predicted octanol–water partition coefficient (Wildman–Crippen LogP) is 5.13. The van der Waals surface area contributed by atoms with Crippen molar-refractivity contribution in [3.8, 4) is 0 Å². The van der Waals surface area contributed by atoms with E-state index in [4.69, 9.17) is 11.6 Å². The van der Waals surface area contributed by atoms with Crippen molar-refractivity contribution in [2.45, 2.75) is 32.7 Å². The minimum atomic E-state index is -0.266. The molecule has 1 atom stereocenters. The summed E-state index contributed by atoms with van der Waals surface area (Å²) < 4.78 is 14.3. The quantitative estimate of drug-likeness (QED) is 0.780. The maximum atomic E-state index is 14.3. The molecule has 0 fully saturated rings. The van der Waals surface area contributed by atoms with Crippen LogP contribution in [0.1, 0.15) is 43.0 Å². The maximum absolute atomic E-state index is 14.3. The van der Waals surface area contributed by atoms with Gasteiger partial charge in [-0.05, 0) is 42.6 Å². The standard InChI is InChI=1S/C18H21ClFN/c1-3-11-21-18(14-8-5-7-13(4-2)12-14)17-15(19)9-6-10-16(17)20/h5-10,12,18,21H,3-4,11H2,1-2H3. The summed E-state index contributed by atoms with van der Waals surface area (Å²) in [5.74, 6) is -0.266. The number of halogens is 2. The number of aryl methyl sites for hydroxylation is 1. The van der Waals surface area contributed by atoms with Crippen LogP contribution in [0.4, 0.5) is 4.39 Å². The summed E-state index contributed by atoms with van der Waals surface area (Å²) in [6.07, 6.45) is 1.94. The lowest BCUT2D eigenvalue weighted by atomic mass is 9.96. The van der Waals surface area contributed by atoms with Gasteiger partial charge in [0.05, 0.1) is 6.04 Å². The first-order valence-electron chi connectivity index (χ1n) is 7.43. The SMILES string of the molecule is CCCNC(c1cccc(CC)c1)c1c(F)cccc1Cl. The number of hydrogen-bond donors (Lipinski definition) is 1. The molecule has 0 aromatic heterocycles. The molecule has 1 nitrogen and oxygen atoms in total. The van der Waals surface area contributed by atoms with Crippen LogP contribution in [0.5, 0.6) is 0 Å². The predicted molar refractivity (Wildman–Crippen MR) is 87.4 cm³/mol. The fraction of sp³-hybridized carbons (Fsp3) is 0.333. The minimum Gasteiger partial charge on any atom is -0.306 e. The van der Waals surface area contributed by atoms with Crippen molar-refractivity contribution < 1.29 is 4.39 Å². The van der Waals surface area contributed by atoms with Gasteiger partial charge < -0.3 is 5.32 Å². The molecule has 3 heteroatoms. The lowest BCUT2D eigenvalue weighted by Crippen LogP contribution is -2.24. The highest BCUT2D eigenvalue weighted by Crippen LogP contribution is 2.31. The van der Waals surface area contributed by atoms with E-state index >= 15 is 0 Å². The smallest absolute Gasteiger partial charge is 0.129 e. The molecule has 0 aliphatic rings. The van der Waals surface area contributed by atoms with Crippen molar-refractivity contribution in [3.05, 3.63) is 70.0 Å². The first-order valence-corrected chi connectivity index (χ1v) is 7.81. The van der Waals surface area contributed by atoms with Gasteiger partial charge in [-0.2, -0.15) is 0 Å². The van der Waals surface area contributed by atoms with E-state index < -0.39 is 0 Å². The summed E-state index contributed by atoms with van der Waals surface area (Å²) in [4.78, 5) is 0. The van der Waals surface area contributed by atoms with Crippen LogP contribution < -0.4 is 5.32 Å². The Bertz CT molecular complexity index is 577. The molecule has 1 unspecified atom stereocenters. The normalized spacial score (nSPS) is 12.4. The monoisotopic (exact) mass is 305 g/mol. The number of benzene rings is 2. The molecule has 21 heavy (non-hydrogen) atoms. The van der Waals surface area contributed by atoms with Crippen molar-refractivity contribution in [2.75, 3.05) is 6.54 Å². The minimum absolute atomic E-state index is 0.217. The van der Waals surface area contributed by atoms with Gasteiger partial charge in [-0.15, -0.1) is 0 Å². The lowest BCUT2D eigenvalue weighted by Gasteiger charge is -2.22. The van der Waals surface area contributed by atoms with Crippen LogP contribution in [0.15, 0.2) is 42.5 Å². The Balaban J connectivity index is 2.47. The summed E-state index contributed by atoms with van der Waals surface area (Å²) in [7, 11) is 0. The Kier molecular flexibility index (Phi) is 5.77. The van der Waals surface area contributed by atoms with E-state index in [1.165, 1.54) is 11.6 Å². The zero-order valence-corrected chi connectivity index (χ0v) is 13.3. The second kappa shape index (κ2) is 7.58. The third kappa shape index (κ3) is 3.84. The molecule has 0 heterocycles. The molecular weight excluding hydrogens is 285 g/mol. The Hall–Kier alpha value is -1.38. The van der Waals surface area contributed by atoms with Crippen molar-refractivity contribution in [1.82, 2.24) is 5.32 Å². The van der Waals surface area contributed by atoms with Crippen molar-refractivity contribution in [2.24, 2.45) is 0 Å². The molecule has 0 saturated carbocycles. The van der Waals surface area contributed by atoms with Crippen LogP contribution in [0.2, 0.25) is 5.02 Å². The van der Waals surface area contributed by atoms with E-state index in [0.717, 1.165) is 24.9 Å². The van der Waals surface area contributed by atoms with E-state index in [-0.39, 0.29) is 11.9 Å². The summed E-state index contributed by atoms with van der Waals surface area (Å²) >= 11 is 6.25. The molecule has 2 rings (SSSR count). The second-order valence-electron chi connectivity index (χ2n) is 5.12. The van der Waals surface area contributed by atoms with Gasteiger partial charge in [-0.3, -0.25) is 0 Å². The van der Waals surface area contributed by atoms with Crippen LogP contribution in [-0.4, -0.2) is 6.54 Å². The molecule has 0 radical (unpaired) electrons. The Labute approximate surface area is 131 Å². The highest BCUT2D eigenvalue weighted by atomic mass is 35.5. The zero-order valence-electron chi connectivity index (χ0n) is 12.5. The van der Waals surface area contributed by atoms with Crippen molar-refractivity contribution >= 4 is 11.6 Å². The molecule has 0 amide bonds. The molecule has 2 aromatic rings. The first-order chi connectivity index (χ1) is 10.2. The number of rotatable bonds is 6. The van der Waals surface area contributed by atoms with E-state index in [9.17, 15) is 4.39 Å². The topological polar surface area (TPSA) is 12.0 Å². The van der Waals surface area contributed by atoms with E-state index in [2.05, 4.69) is 31.3 Å². The van der Waals surface area contributed by atoms with E-state index in [1.54, 1.807) is 12.1 Å². The van der Waals surface area contributed by atoms with Crippen LogP contribution in [0.3, 0.4) is 0 Å². The first kappa shape index (κ1) is 16.0. The Morgan fingerprint density at radius 2 is 1.90 bits per heavy atom. The molecule has 0 aliphatic heterocycles. The largest absolute Gasteiger partial charge is 0.306 e. The number of hydrogen-bond acceptors (Lipinski definition) is 1. The second-order valence-corrected chi connectivity index (χ2v) is 5.53. The van der Waals surface area contributed by atoms with Gasteiger partial charge in [-0.1, -0.05) is 55.8 Å². The third-order valence-corrected chi connectivity index (χ3v) is 3.91. The molecule has 112 valence electrons. The van der Waals surface area contributed by atoms with Gasteiger partial charge in [0, 0.05) is 10.6 Å². The van der Waals surface area contributed by atoms with Gasteiger partial charge in [0.25, 0.3) is 0 Å². The fourth-order valence-corrected chi connectivity index (χ4v) is 2.73. The average Bonchev–Trinajstić information content (AvgIpc) is 2.50. The highest BCUT2D eigenvalue weighted by Gasteiger charge is 2.20. The Morgan fingerprint density at radius 1 is 1.14 bits per heavy atom. The van der Waals surface area contributed by atoms with Crippen LogP contribution in [0.25, 0.3) is 0 Å². The zero-order chi connectivity index (χ0) is 15.2. The van der Waals surface area contributed by atoms with Gasteiger partial charge >= 0.3 is 0 Å². The number of nitrogens with one attached hydrogen (secondary N) is 1. The Morgan fingerprint density at radius 3 is 2.57 bits per heavy atom. The molecule has 0 saturated heterocycles. The van der Waals surface area contributed by atoms with Gasteiger partial charge in [-0.25, -0.2) is 4.39 Å². The van der Waals surface area contributed by atoms with Crippen LogP contribution in [-0.2, 0) is 6.42 Å². The highest BCUT2D eigenvalue weighted by molar-refractivity contribution is 6.31. The molecular formula is C18H21ClFN. The molecule has 0 spiro atoms. The summed E-state index contributed by atoms with van der Waals surface area (Å²) in [5.41, 5.74) is 2.82. The lowest BCUT2D eigenvalue weighted by molar-refractivity contribution is 0.546. The van der Waals surface area contributed by atoms with Crippen LogP contribution in [0, 0.1) is 5.82 Å². The summed E-state index contributed by atoms with van der Waals surface area (Å²) in [5, 5.41) is 3.87. The third-order valence-electron chi connectivity index (χ3n) is 3.58. The molecule has 0 bridgehead atoms. The van der Waals surface area contributed by atoms with Crippen molar-refractivity contribution in [3.63, 3.8) is 0 Å². The molecule has 1 N–H and O–H groups in total. The van der Waals surface area contributed by atoms with Crippen molar-refractivity contribution in [1.29, 1.82) is 0 Å². The fourth-order valence-electron chi connectivity index (χ4n) is 2.45. The average molecular weight is 306 g/mol. The summed E-state index contributed by atoms with van der Waals surface area (Å²) in [6, 6.07) is 12.9. The van der Waals surface area contributed by atoms with E-state index in [1.807, 2.05) is 12.1 Å².